The highest BCUT2D eigenvalue weighted by Gasteiger charge is 2.19. The first kappa shape index (κ1) is 21.7. The molecule has 4 aromatic rings. The summed E-state index contributed by atoms with van der Waals surface area (Å²) in [6.07, 6.45) is 1.32. The summed E-state index contributed by atoms with van der Waals surface area (Å²) in [7, 11) is 0. The van der Waals surface area contributed by atoms with Gasteiger partial charge in [-0.05, 0) is 66.7 Å². The number of hydrogen-bond acceptors (Lipinski definition) is 3. The Kier molecular flexibility index (Phi) is 6.08. The molecule has 0 radical (unpaired) electrons. The van der Waals surface area contributed by atoms with Crippen molar-refractivity contribution in [2.24, 2.45) is 0 Å². The summed E-state index contributed by atoms with van der Waals surface area (Å²) in [5.74, 6) is -1.57. The van der Waals surface area contributed by atoms with Crippen LogP contribution in [0.5, 0.6) is 0 Å². The summed E-state index contributed by atoms with van der Waals surface area (Å²) in [6, 6.07) is 16.3. The quantitative estimate of drug-likeness (QED) is 0.403. The minimum Gasteiger partial charge on any atom is -0.337 e. The number of hydrogen-bond donors (Lipinski definition) is 1. The van der Waals surface area contributed by atoms with Gasteiger partial charge in [0.05, 0.1) is 11.1 Å². The van der Waals surface area contributed by atoms with Crippen LogP contribution in [0.1, 0.15) is 15.9 Å². The number of aromatic nitrogens is 1. The molecular formula is C24H15Cl2FN2O3. The van der Waals surface area contributed by atoms with Crippen molar-refractivity contribution in [3.05, 3.63) is 110 Å². The molecule has 1 heterocycles. The maximum absolute atomic E-state index is 13.9. The van der Waals surface area contributed by atoms with Crippen LogP contribution in [0, 0.1) is 5.82 Å². The monoisotopic (exact) mass is 468 g/mol. The van der Waals surface area contributed by atoms with Gasteiger partial charge in [0.25, 0.3) is 0 Å². The number of pyridine rings is 1. The van der Waals surface area contributed by atoms with Crippen LogP contribution >= 0.6 is 23.2 Å². The topological polar surface area (TPSA) is 68.2 Å². The van der Waals surface area contributed by atoms with Crippen molar-refractivity contribution in [1.29, 1.82) is 0 Å². The first-order valence-electron chi connectivity index (χ1n) is 9.50. The Bertz CT molecular complexity index is 1400. The number of anilines is 1. The third-order valence-corrected chi connectivity index (χ3v) is 5.34. The average Bonchev–Trinajstić information content (AvgIpc) is 2.77. The van der Waals surface area contributed by atoms with Crippen LogP contribution in [-0.2, 0) is 11.3 Å². The number of halogens is 3. The zero-order valence-electron chi connectivity index (χ0n) is 16.4. The largest absolute Gasteiger partial charge is 0.337 e. The van der Waals surface area contributed by atoms with Crippen LogP contribution in [-0.4, -0.2) is 16.3 Å². The summed E-state index contributed by atoms with van der Waals surface area (Å²) in [6.45, 7) is -0.202. The third kappa shape index (κ3) is 4.56. The number of ketones is 1. The molecule has 8 heteroatoms. The van der Waals surface area contributed by atoms with Gasteiger partial charge in [0, 0.05) is 32.9 Å². The molecule has 0 saturated heterocycles. The molecule has 4 rings (SSSR count). The minimum atomic E-state index is -0.622. The minimum absolute atomic E-state index is 0.00380. The van der Waals surface area contributed by atoms with Crippen LogP contribution in [0.4, 0.5) is 10.1 Å². The van der Waals surface area contributed by atoms with E-state index in [2.05, 4.69) is 5.32 Å². The molecule has 0 bridgehead atoms. The fourth-order valence-corrected chi connectivity index (χ4v) is 3.56. The van der Waals surface area contributed by atoms with Crippen molar-refractivity contribution >= 4 is 51.5 Å². The van der Waals surface area contributed by atoms with Gasteiger partial charge in [0.2, 0.25) is 11.3 Å². The van der Waals surface area contributed by atoms with Gasteiger partial charge in [-0.3, -0.25) is 14.4 Å². The summed E-state index contributed by atoms with van der Waals surface area (Å²) < 4.78 is 15.3. The van der Waals surface area contributed by atoms with Gasteiger partial charge < -0.3 is 9.88 Å². The van der Waals surface area contributed by atoms with Crippen LogP contribution < -0.4 is 10.7 Å². The molecular weight excluding hydrogens is 454 g/mol. The van der Waals surface area contributed by atoms with Crippen molar-refractivity contribution in [2.45, 2.75) is 6.54 Å². The molecule has 1 amide bonds. The second-order valence-corrected chi connectivity index (χ2v) is 7.93. The van der Waals surface area contributed by atoms with E-state index in [1.165, 1.54) is 47.2 Å². The molecule has 1 aromatic heterocycles. The standard InChI is InChI=1S/C24H15Cl2FN2O3/c25-15-3-1-14(2-4-15)23(31)20-12-29(21-10-7-17(27)11-19(21)24(20)32)13-22(30)28-18-8-5-16(26)6-9-18/h1-12H,13H2,(H,28,30). The Morgan fingerprint density at radius 1 is 0.906 bits per heavy atom. The molecule has 0 saturated carbocycles. The number of amides is 1. The molecule has 0 unspecified atom stereocenters. The van der Waals surface area contributed by atoms with Gasteiger partial charge in [-0.2, -0.15) is 0 Å². The number of nitrogens with zero attached hydrogens (tertiary/aromatic N) is 1. The molecule has 32 heavy (non-hydrogen) atoms. The van der Waals surface area contributed by atoms with Gasteiger partial charge in [-0.25, -0.2) is 4.39 Å². The van der Waals surface area contributed by atoms with Gasteiger partial charge in [0.1, 0.15) is 12.4 Å². The van der Waals surface area contributed by atoms with Crippen LogP contribution in [0.3, 0.4) is 0 Å². The van der Waals surface area contributed by atoms with E-state index >= 15 is 0 Å². The number of carbonyl (C=O) groups is 2. The van der Waals surface area contributed by atoms with Gasteiger partial charge in [0.15, 0.2) is 5.78 Å². The fraction of sp³-hybridized carbons (Fsp3) is 0.0417. The fourth-order valence-electron chi connectivity index (χ4n) is 3.31. The SMILES string of the molecule is O=C(Cn1cc(C(=O)c2ccc(Cl)cc2)c(=O)c2cc(F)ccc21)Nc1ccc(Cl)cc1. The summed E-state index contributed by atoms with van der Waals surface area (Å²) >= 11 is 11.7. The lowest BCUT2D eigenvalue weighted by Gasteiger charge is -2.14. The number of fused-ring (bicyclic) bond motifs is 1. The highest BCUT2D eigenvalue weighted by molar-refractivity contribution is 6.31. The Balaban J connectivity index is 1.75. The van der Waals surface area contributed by atoms with Gasteiger partial charge in [-0.15, -0.1) is 0 Å². The normalized spacial score (nSPS) is 10.8. The molecule has 3 aromatic carbocycles. The second-order valence-electron chi connectivity index (χ2n) is 7.05. The van der Waals surface area contributed by atoms with Crippen LogP contribution in [0.25, 0.3) is 10.9 Å². The zero-order chi connectivity index (χ0) is 22.8. The first-order chi connectivity index (χ1) is 15.3. The van der Waals surface area contributed by atoms with E-state index in [1.807, 2.05) is 0 Å². The smallest absolute Gasteiger partial charge is 0.244 e. The maximum atomic E-state index is 13.9. The second kappa shape index (κ2) is 8.94. The van der Waals surface area contributed by atoms with E-state index in [0.29, 0.717) is 21.2 Å². The van der Waals surface area contributed by atoms with Crippen molar-refractivity contribution in [2.75, 3.05) is 5.32 Å². The Hall–Kier alpha value is -3.48. The molecule has 0 aliphatic heterocycles. The van der Waals surface area contributed by atoms with Crippen LogP contribution in [0.15, 0.2) is 77.7 Å². The molecule has 0 aliphatic rings. The zero-order valence-corrected chi connectivity index (χ0v) is 18.0. The highest BCUT2D eigenvalue weighted by Crippen LogP contribution is 2.18. The predicted octanol–water partition coefficient (Wildman–Crippen LogP) is 5.32. The molecule has 5 nitrogen and oxygen atoms in total. The molecule has 0 fully saturated rings. The van der Waals surface area contributed by atoms with Gasteiger partial charge in [-0.1, -0.05) is 23.2 Å². The molecule has 0 atom stereocenters. The first-order valence-corrected chi connectivity index (χ1v) is 10.3. The summed E-state index contributed by atoms with van der Waals surface area (Å²) in [4.78, 5) is 38.6. The highest BCUT2D eigenvalue weighted by atomic mass is 35.5. The number of nitrogens with one attached hydrogen (secondary N) is 1. The van der Waals surface area contributed by atoms with E-state index in [9.17, 15) is 18.8 Å². The van der Waals surface area contributed by atoms with E-state index in [1.54, 1.807) is 24.3 Å². The van der Waals surface area contributed by atoms with Crippen molar-refractivity contribution in [1.82, 2.24) is 4.57 Å². The van der Waals surface area contributed by atoms with Crippen molar-refractivity contribution in [3.8, 4) is 0 Å². The molecule has 160 valence electrons. The molecule has 0 aliphatic carbocycles. The van der Waals surface area contributed by atoms with Gasteiger partial charge >= 0.3 is 0 Å². The predicted molar refractivity (Wildman–Crippen MR) is 123 cm³/mol. The van der Waals surface area contributed by atoms with E-state index in [0.717, 1.165) is 6.07 Å². The van der Waals surface area contributed by atoms with E-state index in [-0.39, 0.29) is 23.1 Å². The summed E-state index contributed by atoms with van der Waals surface area (Å²) in [5, 5.41) is 3.70. The Morgan fingerprint density at radius 2 is 1.53 bits per heavy atom. The van der Waals surface area contributed by atoms with Crippen molar-refractivity contribution < 1.29 is 14.0 Å². The maximum Gasteiger partial charge on any atom is 0.244 e. The average molecular weight is 469 g/mol. The lowest BCUT2D eigenvalue weighted by Crippen LogP contribution is -2.24. The van der Waals surface area contributed by atoms with E-state index in [4.69, 9.17) is 23.2 Å². The summed E-state index contributed by atoms with van der Waals surface area (Å²) in [5.41, 5.74) is 0.321. The van der Waals surface area contributed by atoms with Crippen LogP contribution in [0.2, 0.25) is 10.0 Å². The van der Waals surface area contributed by atoms with E-state index < -0.39 is 22.9 Å². The Morgan fingerprint density at radius 3 is 2.19 bits per heavy atom. The van der Waals surface area contributed by atoms with Crippen molar-refractivity contribution in [3.63, 3.8) is 0 Å². The molecule has 0 spiro atoms. The Labute approximate surface area is 192 Å². The number of benzene rings is 3. The lowest BCUT2D eigenvalue weighted by atomic mass is 10.0. The number of carbonyl (C=O) groups excluding carboxylic acids is 2. The number of rotatable bonds is 5. The lowest BCUT2D eigenvalue weighted by molar-refractivity contribution is -0.116. The molecule has 1 N–H and O–H groups in total. The third-order valence-electron chi connectivity index (χ3n) is 4.84.